The minimum Gasteiger partial charge on any atom is -0.416 e. The molecule has 0 bridgehead atoms. The van der Waals surface area contributed by atoms with Crippen molar-refractivity contribution in [2.75, 3.05) is 13.2 Å². The summed E-state index contributed by atoms with van der Waals surface area (Å²) in [4.78, 5) is 0. The van der Waals surface area contributed by atoms with Crippen LogP contribution in [-0.2, 0) is 4.43 Å². The van der Waals surface area contributed by atoms with Crippen LogP contribution in [0.3, 0.4) is 0 Å². The summed E-state index contributed by atoms with van der Waals surface area (Å²) >= 11 is 0. The summed E-state index contributed by atoms with van der Waals surface area (Å²) in [5.41, 5.74) is 0. The fraction of sp³-hybridized carbons (Fsp3) is 0.875. The quantitative estimate of drug-likeness (QED) is 0.613. The molecule has 0 radical (unpaired) electrons. The van der Waals surface area contributed by atoms with Gasteiger partial charge in [0.05, 0.1) is 6.61 Å². The molecule has 0 aromatic heterocycles. The van der Waals surface area contributed by atoms with E-state index in [4.69, 9.17) is 9.53 Å². The van der Waals surface area contributed by atoms with Gasteiger partial charge in [-0.2, -0.15) is 0 Å². The van der Waals surface area contributed by atoms with Gasteiger partial charge in [0, 0.05) is 12.5 Å². The Morgan fingerprint density at radius 1 is 1.35 bits per heavy atom. The van der Waals surface area contributed by atoms with Crippen molar-refractivity contribution in [3.8, 4) is 0 Å². The number of hydrogen-bond acceptors (Lipinski definition) is 2. The molecule has 0 aliphatic rings. The summed E-state index contributed by atoms with van der Waals surface area (Å²) in [5.74, 6) is -0.141. The molecule has 0 aliphatic heterocycles. The Labute approximate surface area is 125 Å². The maximum absolute atomic E-state index is 13.3. The third-order valence-electron chi connectivity index (χ3n) is 4.54. The molecule has 0 aliphatic carbocycles. The number of aliphatic hydroxyl groups excluding tert-OH is 1. The van der Waals surface area contributed by atoms with Crippen LogP contribution in [0.1, 0.15) is 47.5 Å². The van der Waals surface area contributed by atoms with Gasteiger partial charge in [0.15, 0.2) is 8.32 Å². The van der Waals surface area contributed by atoms with Gasteiger partial charge >= 0.3 is 0 Å². The summed E-state index contributed by atoms with van der Waals surface area (Å²) in [6, 6.07) is 0. The summed E-state index contributed by atoms with van der Waals surface area (Å²) in [5, 5.41) is 9.03. The van der Waals surface area contributed by atoms with Gasteiger partial charge in [-0.15, -0.1) is 0 Å². The zero-order valence-corrected chi connectivity index (χ0v) is 15.3. The Morgan fingerprint density at radius 2 is 1.90 bits per heavy atom. The first-order chi connectivity index (χ1) is 9.07. The van der Waals surface area contributed by atoms with Gasteiger partial charge in [-0.3, -0.25) is 0 Å². The van der Waals surface area contributed by atoms with Crippen molar-refractivity contribution in [1.29, 1.82) is 0 Å². The molecule has 0 spiro atoms. The smallest absolute Gasteiger partial charge is 0.192 e. The van der Waals surface area contributed by atoms with Crippen LogP contribution in [0.2, 0.25) is 18.1 Å². The first-order valence-corrected chi connectivity index (χ1v) is 10.6. The van der Waals surface area contributed by atoms with Gasteiger partial charge in [0.1, 0.15) is 5.83 Å². The van der Waals surface area contributed by atoms with Crippen LogP contribution < -0.4 is 0 Å². The van der Waals surface area contributed by atoms with Crippen LogP contribution in [-0.4, -0.2) is 26.6 Å². The molecular weight excluding hydrogens is 271 g/mol. The predicted molar refractivity (Wildman–Crippen MR) is 87.0 cm³/mol. The molecule has 1 N–H and O–H groups in total. The number of rotatable bonds is 9. The van der Waals surface area contributed by atoms with Gasteiger partial charge in [0.2, 0.25) is 0 Å². The second kappa shape index (κ2) is 8.30. The summed E-state index contributed by atoms with van der Waals surface area (Å²) < 4.78 is 19.5. The third-order valence-corrected chi connectivity index (χ3v) is 8.94. The van der Waals surface area contributed by atoms with Gasteiger partial charge < -0.3 is 9.53 Å². The Morgan fingerprint density at radius 3 is 2.30 bits per heavy atom. The standard InChI is InChI=1S/C16H33FO2Si/c1-8-9-16(4,5)20(6,7)19-12-14(13(2)3)10-15(17)11-18/h10,13-14,18H,8-9,11-12H2,1-7H3/t14-/m1/s1. The van der Waals surface area contributed by atoms with Gasteiger partial charge in [-0.25, -0.2) is 4.39 Å². The largest absolute Gasteiger partial charge is 0.416 e. The first kappa shape index (κ1) is 19.8. The number of hydrogen-bond donors (Lipinski definition) is 1. The van der Waals surface area contributed by atoms with Crippen LogP contribution in [0, 0.1) is 11.8 Å². The van der Waals surface area contributed by atoms with E-state index in [0.29, 0.717) is 12.5 Å². The fourth-order valence-electron chi connectivity index (χ4n) is 2.14. The Kier molecular flexibility index (Phi) is 8.22. The highest BCUT2D eigenvalue weighted by molar-refractivity contribution is 6.74. The Balaban J connectivity index is 4.77. The van der Waals surface area contributed by atoms with Gasteiger partial charge in [-0.1, -0.05) is 41.0 Å². The van der Waals surface area contributed by atoms with Crippen molar-refractivity contribution in [2.45, 2.75) is 65.6 Å². The lowest BCUT2D eigenvalue weighted by Crippen LogP contribution is -2.43. The Hall–Kier alpha value is -0.193. The van der Waals surface area contributed by atoms with Crippen molar-refractivity contribution >= 4 is 8.32 Å². The molecule has 0 rings (SSSR count). The summed E-state index contributed by atoms with van der Waals surface area (Å²) in [6.07, 6.45) is 3.82. The zero-order valence-electron chi connectivity index (χ0n) is 14.3. The molecule has 0 fully saturated rings. The maximum Gasteiger partial charge on any atom is 0.192 e. The normalized spacial score (nSPS) is 15.8. The molecule has 0 saturated carbocycles. The van der Waals surface area contributed by atoms with E-state index < -0.39 is 20.8 Å². The summed E-state index contributed by atoms with van der Waals surface area (Å²) in [7, 11) is -1.84. The fourth-order valence-corrected chi connectivity index (χ4v) is 4.00. The second-order valence-corrected chi connectivity index (χ2v) is 11.8. The minimum atomic E-state index is -1.84. The van der Waals surface area contributed by atoms with Crippen molar-refractivity contribution in [1.82, 2.24) is 0 Å². The Bertz CT molecular complexity index is 312. The van der Waals surface area contributed by atoms with Crippen LogP contribution in [0.5, 0.6) is 0 Å². The zero-order chi connectivity index (χ0) is 16.0. The van der Waals surface area contributed by atoms with E-state index in [0.717, 1.165) is 12.8 Å². The van der Waals surface area contributed by atoms with E-state index in [1.165, 1.54) is 6.08 Å². The molecule has 2 nitrogen and oxygen atoms in total. The maximum atomic E-state index is 13.3. The minimum absolute atomic E-state index is 0.0198. The lowest BCUT2D eigenvalue weighted by atomic mass is 9.96. The molecule has 120 valence electrons. The highest BCUT2D eigenvalue weighted by Gasteiger charge is 2.40. The van der Waals surface area contributed by atoms with Crippen LogP contribution >= 0.6 is 0 Å². The highest BCUT2D eigenvalue weighted by atomic mass is 28.4. The topological polar surface area (TPSA) is 29.5 Å². The molecule has 0 saturated heterocycles. The van der Waals surface area contributed by atoms with Gasteiger partial charge in [0.25, 0.3) is 0 Å². The monoisotopic (exact) mass is 304 g/mol. The molecule has 0 aromatic rings. The third kappa shape index (κ3) is 6.06. The van der Waals surface area contributed by atoms with Crippen LogP contribution in [0.15, 0.2) is 11.9 Å². The van der Waals surface area contributed by atoms with E-state index >= 15 is 0 Å². The van der Waals surface area contributed by atoms with Crippen LogP contribution in [0.4, 0.5) is 4.39 Å². The summed E-state index contributed by atoms with van der Waals surface area (Å²) in [6.45, 7) is 15.4. The first-order valence-electron chi connectivity index (χ1n) is 7.68. The van der Waals surface area contributed by atoms with E-state index in [9.17, 15) is 4.39 Å². The van der Waals surface area contributed by atoms with Crippen LogP contribution in [0.25, 0.3) is 0 Å². The van der Waals surface area contributed by atoms with Crippen molar-refractivity contribution in [3.63, 3.8) is 0 Å². The average molecular weight is 305 g/mol. The molecule has 0 unspecified atom stereocenters. The lowest BCUT2D eigenvalue weighted by molar-refractivity contribution is 0.214. The molecular formula is C16H33FO2Si. The van der Waals surface area contributed by atoms with Gasteiger partial charge in [-0.05, 0) is 36.5 Å². The molecule has 4 heteroatoms. The molecule has 1 atom stereocenters. The number of aliphatic hydroxyl groups is 1. The van der Waals surface area contributed by atoms with E-state index in [1.54, 1.807) is 0 Å². The highest BCUT2D eigenvalue weighted by Crippen LogP contribution is 2.42. The predicted octanol–water partition coefficient (Wildman–Crippen LogP) is 4.91. The van der Waals surface area contributed by atoms with Crippen molar-refractivity contribution in [3.05, 3.63) is 11.9 Å². The molecule has 0 amide bonds. The lowest BCUT2D eigenvalue weighted by Gasteiger charge is -2.40. The number of halogens is 1. The van der Waals surface area contributed by atoms with Crippen molar-refractivity contribution in [2.24, 2.45) is 11.8 Å². The average Bonchev–Trinajstić information content (AvgIpc) is 2.33. The molecule has 0 heterocycles. The van der Waals surface area contributed by atoms with Crippen molar-refractivity contribution < 1.29 is 13.9 Å². The van der Waals surface area contributed by atoms with E-state index in [1.807, 2.05) is 0 Å². The SMILES string of the molecule is CCCC(C)(C)[Si](C)(C)OC[C@@H](C=C(F)CO)C(C)C. The van der Waals surface area contributed by atoms with E-state index in [2.05, 4.69) is 47.7 Å². The molecule has 0 aromatic carbocycles. The molecule has 20 heavy (non-hydrogen) atoms. The second-order valence-electron chi connectivity index (χ2n) is 7.13. The van der Waals surface area contributed by atoms with E-state index in [-0.39, 0.29) is 11.0 Å².